The van der Waals surface area contributed by atoms with Gasteiger partial charge in [0.15, 0.2) is 5.82 Å². The van der Waals surface area contributed by atoms with Crippen LogP contribution in [0.3, 0.4) is 0 Å². The lowest BCUT2D eigenvalue weighted by Crippen LogP contribution is -2.49. The summed E-state index contributed by atoms with van der Waals surface area (Å²) in [5.41, 5.74) is 1.63. The Morgan fingerprint density at radius 2 is 2.00 bits per heavy atom. The number of aromatic amines is 1. The number of halogens is 1. The lowest BCUT2D eigenvalue weighted by Gasteiger charge is -2.37. The molecule has 224 valence electrons. The van der Waals surface area contributed by atoms with Gasteiger partial charge in [-0.1, -0.05) is 0 Å². The fourth-order valence-corrected chi connectivity index (χ4v) is 5.53. The molecule has 1 atom stereocenters. The Hall–Kier alpha value is -3.49. The zero-order chi connectivity index (χ0) is 29.1. The predicted octanol–water partition coefficient (Wildman–Crippen LogP) is 1.98. The zero-order valence-corrected chi connectivity index (χ0v) is 23.7. The van der Waals surface area contributed by atoms with E-state index in [2.05, 4.69) is 25.5 Å². The van der Waals surface area contributed by atoms with Gasteiger partial charge in [0.25, 0.3) is 0 Å². The van der Waals surface area contributed by atoms with E-state index in [1.165, 1.54) is 12.1 Å². The molecule has 3 fully saturated rings. The molecule has 1 amide bonds. The van der Waals surface area contributed by atoms with Gasteiger partial charge in [-0.05, 0) is 50.1 Å². The van der Waals surface area contributed by atoms with Gasteiger partial charge in [-0.15, -0.1) is 0 Å². The first-order chi connectivity index (χ1) is 20.4. The zero-order valence-electron chi connectivity index (χ0n) is 23.7. The van der Waals surface area contributed by atoms with Crippen LogP contribution in [0.25, 0.3) is 22.6 Å². The van der Waals surface area contributed by atoms with Gasteiger partial charge in [-0.3, -0.25) is 9.69 Å². The molecule has 1 aromatic carbocycles. The monoisotopic (exact) mass is 580 g/mol. The van der Waals surface area contributed by atoms with Crippen LogP contribution in [0.4, 0.5) is 10.3 Å². The fourth-order valence-electron chi connectivity index (χ4n) is 5.53. The van der Waals surface area contributed by atoms with Crippen LogP contribution in [0.1, 0.15) is 31.9 Å². The summed E-state index contributed by atoms with van der Waals surface area (Å²) in [6, 6.07) is 7.88. The van der Waals surface area contributed by atoms with E-state index in [1.54, 1.807) is 29.3 Å². The normalized spacial score (nSPS) is 24.8. The van der Waals surface area contributed by atoms with Gasteiger partial charge in [0, 0.05) is 57.7 Å². The number of carbonyl (C=O) groups is 1. The SMILES string of the molecule is CC1(C(=O)N2CCC(O)C2)COC(c2nc(-c3ccc(F)cc3)c(-c3ccnc(NCCCN4CCNC4)n3)[nH]2)OC1. The van der Waals surface area contributed by atoms with Crippen molar-refractivity contribution in [1.29, 1.82) is 0 Å². The first kappa shape index (κ1) is 28.6. The van der Waals surface area contributed by atoms with Crippen molar-refractivity contribution < 1.29 is 23.8 Å². The highest BCUT2D eigenvalue weighted by Crippen LogP contribution is 2.36. The number of hydrogen-bond donors (Lipinski definition) is 4. The standard InChI is InChI=1S/C29H37FN8O4/c1-29(27(40)38-13-8-21(39)15-38)16-41-26(42-17-29)25-35-23(19-3-5-20(30)6-4-19)24(36-25)22-7-10-33-28(34-22)32-9-2-12-37-14-11-31-18-37/h3-7,10,21,26,31,39H,2,8-9,11-18H2,1H3,(H,35,36)(H,32,33,34). The number of rotatable bonds is 9. The van der Waals surface area contributed by atoms with Crippen molar-refractivity contribution in [2.24, 2.45) is 5.41 Å². The topological polar surface area (TPSA) is 141 Å². The van der Waals surface area contributed by atoms with Crippen LogP contribution in [0.5, 0.6) is 0 Å². The van der Waals surface area contributed by atoms with Crippen LogP contribution in [-0.4, -0.2) is 106 Å². The van der Waals surface area contributed by atoms with Crippen molar-refractivity contribution in [3.05, 3.63) is 48.2 Å². The molecule has 0 bridgehead atoms. The van der Waals surface area contributed by atoms with E-state index in [-0.39, 0.29) is 24.9 Å². The third-order valence-electron chi connectivity index (χ3n) is 7.92. The van der Waals surface area contributed by atoms with Crippen molar-refractivity contribution in [3.63, 3.8) is 0 Å². The molecule has 0 saturated carbocycles. The quantitative estimate of drug-likeness (QED) is 0.278. The summed E-state index contributed by atoms with van der Waals surface area (Å²) in [7, 11) is 0. The number of imidazole rings is 1. The number of amides is 1. The van der Waals surface area contributed by atoms with Crippen LogP contribution in [-0.2, 0) is 14.3 Å². The largest absolute Gasteiger partial charge is 0.391 e. The van der Waals surface area contributed by atoms with Crippen LogP contribution in [0.2, 0.25) is 0 Å². The summed E-state index contributed by atoms with van der Waals surface area (Å²) >= 11 is 0. The molecule has 5 heterocycles. The summed E-state index contributed by atoms with van der Waals surface area (Å²) in [5.74, 6) is 0.480. The van der Waals surface area contributed by atoms with E-state index in [0.717, 1.165) is 39.3 Å². The van der Waals surface area contributed by atoms with E-state index in [9.17, 15) is 14.3 Å². The van der Waals surface area contributed by atoms with Crippen LogP contribution >= 0.6 is 0 Å². The highest BCUT2D eigenvalue weighted by molar-refractivity contribution is 5.83. The third-order valence-corrected chi connectivity index (χ3v) is 7.92. The Kier molecular flexibility index (Phi) is 8.45. The van der Waals surface area contributed by atoms with E-state index >= 15 is 0 Å². The number of carbonyl (C=O) groups excluding carboxylic acids is 1. The highest BCUT2D eigenvalue weighted by atomic mass is 19.1. The summed E-state index contributed by atoms with van der Waals surface area (Å²) in [5, 5.41) is 16.5. The van der Waals surface area contributed by atoms with Gasteiger partial charge >= 0.3 is 0 Å². The highest BCUT2D eigenvalue weighted by Gasteiger charge is 2.44. The van der Waals surface area contributed by atoms with Crippen molar-refractivity contribution in [2.75, 3.05) is 64.5 Å². The van der Waals surface area contributed by atoms with Crippen molar-refractivity contribution in [1.82, 2.24) is 35.1 Å². The fraction of sp³-hybridized carbons (Fsp3) is 0.517. The van der Waals surface area contributed by atoms with Gasteiger partial charge in [0.1, 0.15) is 5.82 Å². The Morgan fingerprint density at radius 3 is 2.71 bits per heavy atom. The molecule has 1 unspecified atom stereocenters. The molecule has 2 aromatic heterocycles. The lowest BCUT2D eigenvalue weighted by molar-refractivity contribution is -0.234. The van der Waals surface area contributed by atoms with Gasteiger partial charge in [-0.2, -0.15) is 0 Å². The van der Waals surface area contributed by atoms with E-state index in [4.69, 9.17) is 19.4 Å². The molecular formula is C29H37FN8O4. The summed E-state index contributed by atoms with van der Waals surface area (Å²) in [4.78, 5) is 34.4. The van der Waals surface area contributed by atoms with E-state index in [1.807, 2.05) is 6.92 Å². The molecular weight excluding hydrogens is 543 g/mol. The van der Waals surface area contributed by atoms with Crippen molar-refractivity contribution in [2.45, 2.75) is 32.2 Å². The minimum absolute atomic E-state index is 0.0947. The maximum Gasteiger partial charge on any atom is 0.233 e. The van der Waals surface area contributed by atoms with Crippen LogP contribution in [0, 0.1) is 11.2 Å². The maximum absolute atomic E-state index is 13.7. The van der Waals surface area contributed by atoms with Crippen molar-refractivity contribution >= 4 is 11.9 Å². The number of aliphatic hydroxyl groups excluding tert-OH is 1. The minimum Gasteiger partial charge on any atom is -0.391 e. The lowest BCUT2D eigenvalue weighted by atomic mass is 9.90. The number of β-amino-alcohol motifs (C(OH)–C–C–N with tert-alkyl or cyclic N) is 1. The van der Waals surface area contributed by atoms with Gasteiger partial charge < -0.3 is 35.1 Å². The molecule has 0 spiro atoms. The first-order valence-corrected chi connectivity index (χ1v) is 14.4. The second kappa shape index (κ2) is 12.4. The number of aromatic nitrogens is 4. The molecule has 3 aliphatic heterocycles. The first-order valence-electron chi connectivity index (χ1n) is 14.4. The second-order valence-electron chi connectivity index (χ2n) is 11.4. The predicted molar refractivity (Wildman–Crippen MR) is 153 cm³/mol. The Balaban J connectivity index is 1.19. The number of ether oxygens (including phenoxy) is 2. The van der Waals surface area contributed by atoms with Gasteiger partial charge in [-0.25, -0.2) is 19.3 Å². The smallest absolute Gasteiger partial charge is 0.233 e. The number of hydrogen-bond acceptors (Lipinski definition) is 10. The molecule has 6 rings (SSSR count). The molecule has 13 heteroatoms. The number of nitrogens with zero attached hydrogens (tertiary/aromatic N) is 5. The number of nitrogens with one attached hydrogen (secondary N) is 3. The summed E-state index contributed by atoms with van der Waals surface area (Å²) in [6.45, 7) is 7.67. The minimum atomic E-state index is -0.867. The van der Waals surface area contributed by atoms with Crippen molar-refractivity contribution in [3.8, 4) is 22.6 Å². The summed E-state index contributed by atoms with van der Waals surface area (Å²) < 4.78 is 25.8. The molecule has 3 aliphatic rings. The number of H-pyrrole nitrogens is 1. The second-order valence-corrected chi connectivity index (χ2v) is 11.4. The average molecular weight is 581 g/mol. The molecule has 4 N–H and O–H groups in total. The Bertz CT molecular complexity index is 1370. The average Bonchev–Trinajstić information content (AvgIpc) is 3.78. The van der Waals surface area contributed by atoms with Crippen LogP contribution < -0.4 is 10.6 Å². The molecule has 0 radical (unpaired) electrons. The van der Waals surface area contributed by atoms with Gasteiger partial charge in [0.2, 0.25) is 18.1 Å². The molecule has 12 nitrogen and oxygen atoms in total. The molecule has 0 aliphatic carbocycles. The Labute approximate surface area is 243 Å². The van der Waals surface area contributed by atoms with Crippen LogP contribution in [0.15, 0.2) is 36.5 Å². The maximum atomic E-state index is 13.7. The van der Waals surface area contributed by atoms with E-state index in [0.29, 0.717) is 53.9 Å². The van der Waals surface area contributed by atoms with Gasteiger partial charge in [0.05, 0.1) is 41.8 Å². The summed E-state index contributed by atoms with van der Waals surface area (Å²) in [6.07, 6.45) is 1.89. The molecule has 3 aromatic rings. The molecule has 3 saturated heterocycles. The number of benzene rings is 1. The number of aliphatic hydroxyl groups is 1. The molecule has 42 heavy (non-hydrogen) atoms. The number of anilines is 1. The van der Waals surface area contributed by atoms with E-state index < -0.39 is 17.8 Å². The number of likely N-dealkylation sites (tertiary alicyclic amines) is 1. The third kappa shape index (κ3) is 6.30. The Morgan fingerprint density at radius 1 is 1.19 bits per heavy atom.